The highest BCUT2D eigenvalue weighted by atomic mass is 16.6. The van der Waals surface area contributed by atoms with Crippen molar-refractivity contribution in [1.29, 1.82) is 0 Å². The maximum absolute atomic E-state index is 12.5. The summed E-state index contributed by atoms with van der Waals surface area (Å²) in [4.78, 5) is 12.5. The van der Waals surface area contributed by atoms with E-state index in [4.69, 9.17) is 10.5 Å². The quantitative estimate of drug-likeness (QED) is 0.573. The van der Waals surface area contributed by atoms with Crippen LogP contribution in [0.5, 0.6) is 0 Å². The van der Waals surface area contributed by atoms with Gasteiger partial charge in [0.25, 0.3) is 0 Å². The number of anilines is 1. The fourth-order valence-corrected chi connectivity index (χ4v) is 3.32. The lowest BCUT2D eigenvalue weighted by Gasteiger charge is -2.30. The minimum Gasteiger partial charge on any atom is -0.441 e. The average Bonchev–Trinajstić information content (AvgIpc) is 2.91. The molecule has 0 aliphatic carbocycles. The summed E-state index contributed by atoms with van der Waals surface area (Å²) in [6.07, 6.45) is 0. The Labute approximate surface area is 140 Å². The van der Waals surface area contributed by atoms with Crippen LogP contribution in [-0.4, -0.2) is 5.97 Å². The van der Waals surface area contributed by atoms with Crippen LogP contribution in [0, 0.1) is 6.92 Å². The van der Waals surface area contributed by atoms with Crippen LogP contribution in [-0.2, 0) is 10.3 Å². The summed E-state index contributed by atoms with van der Waals surface area (Å²) in [5.74, 6) is -0.303. The number of nitrogen functional groups attached to an aromatic ring is 1. The summed E-state index contributed by atoms with van der Waals surface area (Å²) in [6.45, 7) is 2.04. The van der Waals surface area contributed by atoms with Crippen molar-refractivity contribution >= 4 is 11.7 Å². The van der Waals surface area contributed by atoms with Crippen LogP contribution in [0.4, 0.5) is 5.69 Å². The molecule has 0 fully saturated rings. The first-order valence-electron chi connectivity index (χ1n) is 7.87. The second-order valence-electron chi connectivity index (χ2n) is 6.10. The molecule has 4 rings (SSSR count). The predicted molar refractivity (Wildman–Crippen MR) is 93.8 cm³/mol. The van der Waals surface area contributed by atoms with Gasteiger partial charge in [0, 0.05) is 22.4 Å². The molecule has 0 saturated heterocycles. The highest BCUT2D eigenvalue weighted by Gasteiger charge is 2.48. The Hall–Kier alpha value is -3.07. The lowest BCUT2D eigenvalue weighted by Crippen LogP contribution is -2.29. The minimum absolute atomic E-state index is 0.303. The van der Waals surface area contributed by atoms with Gasteiger partial charge < -0.3 is 10.5 Å². The van der Waals surface area contributed by atoms with Crippen molar-refractivity contribution < 1.29 is 9.53 Å². The Balaban J connectivity index is 2.03. The lowest BCUT2D eigenvalue weighted by molar-refractivity contribution is 0.0251. The van der Waals surface area contributed by atoms with Gasteiger partial charge in [-0.05, 0) is 25.1 Å². The van der Waals surface area contributed by atoms with E-state index in [2.05, 4.69) is 0 Å². The Morgan fingerprint density at radius 2 is 1.42 bits per heavy atom. The largest absolute Gasteiger partial charge is 0.441 e. The standard InChI is InChI=1S/C21H17NO2/c1-14-6-8-15(9-7-14)21(16-10-12-17(22)13-11-16)19-5-3-2-4-18(19)20(23)24-21/h2-13H,22H2,1H3. The van der Waals surface area contributed by atoms with Gasteiger partial charge in [0.1, 0.15) is 0 Å². The third-order valence-electron chi connectivity index (χ3n) is 4.55. The van der Waals surface area contributed by atoms with Gasteiger partial charge in [0.15, 0.2) is 5.60 Å². The van der Waals surface area contributed by atoms with Crippen LogP contribution >= 0.6 is 0 Å². The first kappa shape index (κ1) is 14.5. The van der Waals surface area contributed by atoms with Crippen molar-refractivity contribution in [3.8, 4) is 0 Å². The molecule has 3 heteroatoms. The topological polar surface area (TPSA) is 52.3 Å². The second kappa shape index (κ2) is 5.24. The molecule has 0 radical (unpaired) electrons. The molecule has 0 saturated carbocycles. The molecular formula is C21H17NO2. The summed E-state index contributed by atoms with van der Waals surface area (Å²) in [5, 5.41) is 0. The van der Waals surface area contributed by atoms with Gasteiger partial charge in [-0.1, -0.05) is 60.2 Å². The molecule has 0 amide bonds. The second-order valence-corrected chi connectivity index (χ2v) is 6.10. The number of carbonyl (C=O) groups is 1. The Morgan fingerprint density at radius 3 is 2.08 bits per heavy atom. The third-order valence-corrected chi connectivity index (χ3v) is 4.55. The Morgan fingerprint density at radius 1 is 0.833 bits per heavy atom. The zero-order chi connectivity index (χ0) is 16.7. The van der Waals surface area contributed by atoms with Crippen molar-refractivity contribution in [2.75, 3.05) is 5.73 Å². The number of carbonyl (C=O) groups excluding carboxylic acids is 1. The predicted octanol–water partition coefficient (Wildman–Crippen LogP) is 4.04. The monoisotopic (exact) mass is 315 g/mol. The zero-order valence-corrected chi connectivity index (χ0v) is 13.3. The van der Waals surface area contributed by atoms with Crippen LogP contribution in [0.15, 0.2) is 72.8 Å². The van der Waals surface area contributed by atoms with E-state index in [0.717, 1.165) is 22.3 Å². The van der Waals surface area contributed by atoms with Gasteiger partial charge in [-0.2, -0.15) is 0 Å². The van der Waals surface area contributed by atoms with Crippen molar-refractivity contribution in [3.05, 3.63) is 101 Å². The highest BCUT2D eigenvalue weighted by Crippen LogP contribution is 2.46. The van der Waals surface area contributed by atoms with E-state index < -0.39 is 5.60 Å². The molecule has 1 heterocycles. The van der Waals surface area contributed by atoms with Crippen LogP contribution in [0.1, 0.15) is 32.6 Å². The van der Waals surface area contributed by atoms with Crippen molar-refractivity contribution in [3.63, 3.8) is 0 Å². The number of benzene rings is 3. The lowest BCUT2D eigenvalue weighted by atomic mass is 9.79. The molecule has 1 unspecified atom stereocenters. The molecule has 2 N–H and O–H groups in total. The van der Waals surface area contributed by atoms with Gasteiger partial charge in [0.05, 0.1) is 5.56 Å². The molecule has 3 nitrogen and oxygen atoms in total. The number of aryl methyl sites for hydroxylation is 1. The number of ether oxygens (including phenoxy) is 1. The van der Waals surface area contributed by atoms with E-state index in [9.17, 15) is 4.79 Å². The van der Waals surface area contributed by atoms with Crippen molar-refractivity contribution in [1.82, 2.24) is 0 Å². The molecule has 1 aliphatic rings. The first-order valence-corrected chi connectivity index (χ1v) is 7.87. The molecule has 3 aromatic rings. The molecule has 0 aromatic heterocycles. The fourth-order valence-electron chi connectivity index (χ4n) is 3.32. The molecule has 1 atom stereocenters. The molecule has 118 valence electrons. The van der Waals surface area contributed by atoms with Gasteiger partial charge in [-0.3, -0.25) is 0 Å². The van der Waals surface area contributed by atoms with E-state index in [-0.39, 0.29) is 5.97 Å². The fraction of sp³-hybridized carbons (Fsp3) is 0.0952. The number of nitrogens with two attached hydrogens (primary N) is 1. The Bertz CT molecular complexity index is 866. The van der Waals surface area contributed by atoms with Gasteiger partial charge >= 0.3 is 5.97 Å². The molecule has 24 heavy (non-hydrogen) atoms. The number of cyclic esters (lactones) is 1. The molecule has 1 aliphatic heterocycles. The normalized spacial score (nSPS) is 19.0. The minimum atomic E-state index is -0.935. The summed E-state index contributed by atoms with van der Waals surface area (Å²) in [5.41, 5.74) is 10.0. The van der Waals surface area contributed by atoms with Crippen molar-refractivity contribution in [2.45, 2.75) is 12.5 Å². The number of hydrogen-bond donors (Lipinski definition) is 1. The van der Waals surface area contributed by atoms with Gasteiger partial charge in [-0.15, -0.1) is 0 Å². The maximum atomic E-state index is 12.5. The van der Waals surface area contributed by atoms with Gasteiger partial charge in [-0.25, -0.2) is 4.79 Å². The van der Waals surface area contributed by atoms with Crippen molar-refractivity contribution in [2.24, 2.45) is 0 Å². The van der Waals surface area contributed by atoms with E-state index in [1.807, 2.05) is 79.7 Å². The van der Waals surface area contributed by atoms with Crippen LogP contribution in [0.2, 0.25) is 0 Å². The summed E-state index contributed by atoms with van der Waals surface area (Å²) >= 11 is 0. The van der Waals surface area contributed by atoms with E-state index in [1.165, 1.54) is 0 Å². The SMILES string of the molecule is Cc1ccc(C2(c3ccc(N)cc3)OC(=O)c3ccccc32)cc1. The van der Waals surface area contributed by atoms with E-state index in [0.29, 0.717) is 11.3 Å². The summed E-state index contributed by atoms with van der Waals surface area (Å²) < 4.78 is 5.99. The average molecular weight is 315 g/mol. The van der Waals surface area contributed by atoms with Crippen LogP contribution < -0.4 is 5.73 Å². The van der Waals surface area contributed by atoms with E-state index in [1.54, 1.807) is 0 Å². The summed E-state index contributed by atoms with van der Waals surface area (Å²) in [6, 6.07) is 23.2. The number of esters is 1. The number of rotatable bonds is 2. The van der Waals surface area contributed by atoms with E-state index >= 15 is 0 Å². The zero-order valence-electron chi connectivity index (χ0n) is 13.3. The van der Waals surface area contributed by atoms with Gasteiger partial charge in [0.2, 0.25) is 0 Å². The maximum Gasteiger partial charge on any atom is 0.340 e. The molecular weight excluding hydrogens is 298 g/mol. The molecule has 0 spiro atoms. The van der Waals surface area contributed by atoms with Crippen LogP contribution in [0.3, 0.4) is 0 Å². The first-order chi connectivity index (χ1) is 11.6. The smallest absolute Gasteiger partial charge is 0.340 e. The summed E-state index contributed by atoms with van der Waals surface area (Å²) in [7, 11) is 0. The van der Waals surface area contributed by atoms with Crippen LogP contribution in [0.25, 0.3) is 0 Å². The molecule has 3 aromatic carbocycles. The number of fused-ring (bicyclic) bond motifs is 1. The highest BCUT2D eigenvalue weighted by molar-refractivity contribution is 5.96. The molecule has 0 bridgehead atoms. The third kappa shape index (κ3) is 2.02. The number of hydrogen-bond acceptors (Lipinski definition) is 3. The Kier molecular flexibility index (Phi) is 3.17.